The van der Waals surface area contributed by atoms with Crippen LogP contribution in [0.3, 0.4) is 0 Å². The van der Waals surface area contributed by atoms with E-state index in [1.165, 1.54) is 0 Å². The third kappa shape index (κ3) is 2.28. The Balaban J connectivity index is 2.04. The van der Waals surface area contributed by atoms with Gasteiger partial charge in [0.15, 0.2) is 0 Å². The molecule has 0 saturated heterocycles. The number of aromatic amines is 1. The number of aryl methyl sites for hydroxylation is 1. The number of fused-ring (bicyclic) bond motifs is 1. The molecule has 0 bridgehead atoms. The van der Waals surface area contributed by atoms with E-state index < -0.39 is 10.0 Å². The Morgan fingerprint density at radius 3 is 2.65 bits per heavy atom. The summed E-state index contributed by atoms with van der Waals surface area (Å²) in [6.07, 6.45) is 1.79. The number of rotatable bonds is 3. The monoisotopic (exact) mass is 286 g/mol. The first-order valence-corrected chi connectivity index (χ1v) is 7.70. The molecule has 0 fully saturated rings. The molecule has 4 nitrogen and oxygen atoms in total. The van der Waals surface area contributed by atoms with Gasteiger partial charge in [0.05, 0.1) is 10.6 Å². The third-order valence-electron chi connectivity index (χ3n) is 3.14. The maximum absolute atomic E-state index is 12.4. The second kappa shape index (κ2) is 4.68. The predicted molar refractivity (Wildman–Crippen MR) is 80.3 cm³/mol. The molecule has 5 heteroatoms. The fourth-order valence-corrected chi connectivity index (χ4v) is 3.34. The van der Waals surface area contributed by atoms with E-state index in [4.69, 9.17) is 0 Å². The van der Waals surface area contributed by atoms with E-state index >= 15 is 0 Å². The first kappa shape index (κ1) is 12.7. The maximum Gasteiger partial charge on any atom is 0.261 e. The summed E-state index contributed by atoms with van der Waals surface area (Å²) in [4.78, 5) is 3.33. The van der Waals surface area contributed by atoms with Crippen molar-refractivity contribution in [3.63, 3.8) is 0 Å². The van der Waals surface area contributed by atoms with Gasteiger partial charge in [-0.2, -0.15) is 0 Å². The molecule has 0 amide bonds. The average molecular weight is 286 g/mol. The lowest BCUT2D eigenvalue weighted by molar-refractivity contribution is 0.601. The van der Waals surface area contributed by atoms with Gasteiger partial charge in [0.2, 0.25) is 0 Å². The van der Waals surface area contributed by atoms with Crippen molar-refractivity contribution in [1.82, 2.24) is 4.98 Å². The van der Waals surface area contributed by atoms with Gasteiger partial charge in [-0.15, -0.1) is 0 Å². The van der Waals surface area contributed by atoms with Crippen molar-refractivity contribution in [3.8, 4) is 0 Å². The van der Waals surface area contributed by atoms with Crippen LogP contribution in [-0.4, -0.2) is 13.4 Å². The topological polar surface area (TPSA) is 62.0 Å². The number of hydrogen-bond donors (Lipinski definition) is 2. The quantitative estimate of drug-likeness (QED) is 0.776. The summed E-state index contributed by atoms with van der Waals surface area (Å²) in [7, 11) is -3.57. The van der Waals surface area contributed by atoms with Gasteiger partial charge < -0.3 is 4.98 Å². The Bertz CT molecular complexity index is 866. The summed E-state index contributed by atoms with van der Waals surface area (Å²) >= 11 is 0. The Hall–Kier alpha value is -2.27. The van der Waals surface area contributed by atoms with Gasteiger partial charge >= 0.3 is 0 Å². The molecule has 0 unspecified atom stereocenters. The highest BCUT2D eigenvalue weighted by Crippen LogP contribution is 2.25. The molecule has 2 N–H and O–H groups in total. The molecule has 2 aromatic carbocycles. The van der Waals surface area contributed by atoms with E-state index in [2.05, 4.69) is 9.71 Å². The Morgan fingerprint density at radius 2 is 1.85 bits per heavy atom. The van der Waals surface area contributed by atoms with E-state index in [-0.39, 0.29) is 4.90 Å². The molecular weight excluding hydrogens is 272 g/mol. The van der Waals surface area contributed by atoms with Gasteiger partial charge in [-0.25, -0.2) is 8.42 Å². The van der Waals surface area contributed by atoms with Gasteiger partial charge in [0, 0.05) is 17.1 Å². The van der Waals surface area contributed by atoms with Crippen LogP contribution in [0.25, 0.3) is 10.9 Å². The smallest absolute Gasteiger partial charge is 0.261 e. The Morgan fingerprint density at radius 1 is 1.05 bits per heavy atom. The lowest BCUT2D eigenvalue weighted by Crippen LogP contribution is -2.13. The van der Waals surface area contributed by atoms with Crippen LogP contribution in [-0.2, 0) is 10.0 Å². The number of nitrogens with one attached hydrogen (secondary N) is 2. The van der Waals surface area contributed by atoms with Crippen molar-refractivity contribution in [2.75, 3.05) is 4.72 Å². The molecule has 0 atom stereocenters. The fourth-order valence-electron chi connectivity index (χ4n) is 2.16. The van der Waals surface area contributed by atoms with Gasteiger partial charge in [-0.3, -0.25) is 4.72 Å². The number of anilines is 1. The van der Waals surface area contributed by atoms with E-state index in [1.807, 2.05) is 31.2 Å². The highest BCUT2D eigenvalue weighted by molar-refractivity contribution is 7.92. The molecule has 20 heavy (non-hydrogen) atoms. The van der Waals surface area contributed by atoms with Crippen LogP contribution >= 0.6 is 0 Å². The number of hydrogen-bond acceptors (Lipinski definition) is 2. The van der Waals surface area contributed by atoms with Gasteiger partial charge in [-0.1, -0.05) is 18.2 Å². The molecule has 102 valence electrons. The van der Waals surface area contributed by atoms with Crippen molar-refractivity contribution < 1.29 is 8.42 Å². The minimum absolute atomic E-state index is 0.269. The van der Waals surface area contributed by atoms with E-state index in [0.717, 1.165) is 16.5 Å². The zero-order chi connectivity index (χ0) is 14.2. The molecule has 0 saturated carbocycles. The molecule has 3 rings (SSSR count). The predicted octanol–water partition coefficient (Wildman–Crippen LogP) is 3.28. The number of benzene rings is 2. The van der Waals surface area contributed by atoms with Gasteiger partial charge in [-0.05, 0) is 42.8 Å². The van der Waals surface area contributed by atoms with E-state index in [1.54, 1.807) is 30.5 Å². The zero-order valence-electron chi connectivity index (χ0n) is 10.9. The largest absolute Gasteiger partial charge is 0.361 e. The van der Waals surface area contributed by atoms with Crippen LogP contribution in [0.4, 0.5) is 5.69 Å². The van der Waals surface area contributed by atoms with Gasteiger partial charge in [0.25, 0.3) is 10.0 Å². The summed E-state index contributed by atoms with van der Waals surface area (Å²) in [5.74, 6) is 0. The van der Waals surface area contributed by atoms with Crippen LogP contribution in [0.15, 0.2) is 59.6 Å². The summed E-state index contributed by atoms with van der Waals surface area (Å²) < 4.78 is 27.4. The van der Waals surface area contributed by atoms with Crippen LogP contribution in [0.2, 0.25) is 0 Å². The first-order valence-electron chi connectivity index (χ1n) is 6.22. The lowest BCUT2D eigenvalue weighted by atomic mass is 10.2. The number of aromatic nitrogens is 1. The summed E-state index contributed by atoms with van der Waals surface area (Å²) in [5, 5.41) is 0.851. The lowest BCUT2D eigenvalue weighted by Gasteiger charge is -2.09. The molecule has 0 aliphatic carbocycles. The number of H-pyrrole nitrogens is 1. The SMILES string of the molecule is Cc1cccc(S(=O)(=O)Nc2cccc3[nH]ccc23)c1. The summed E-state index contributed by atoms with van der Waals surface area (Å²) in [6.45, 7) is 1.87. The van der Waals surface area contributed by atoms with Gasteiger partial charge in [0.1, 0.15) is 0 Å². The highest BCUT2D eigenvalue weighted by Gasteiger charge is 2.15. The molecule has 0 aliphatic rings. The maximum atomic E-state index is 12.4. The van der Waals surface area contributed by atoms with Crippen LogP contribution in [0, 0.1) is 6.92 Å². The van der Waals surface area contributed by atoms with Crippen molar-refractivity contribution in [1.29, 1.82) is 0 Å². The molecular formula is C15H14N2O2S. The molecule has 1 aromatic heterocycles. The molecule has 0 aliphatic heterocycles. The van der Waals surface area contributed by atoms with E-state index in [9.17, 15) is 8.42 Å². The van der Waals surface area contributed by atoms with Crippen molar-refractivity contribution in [2.24, 2.45) is 0 Å². The molecule has 0 spiro atoms. The normalized spacial score (nSPS) is 11.7. The minimum atomic E-state index is -3.57. The third-order valence-corrected chi connectivity index (χ3v) is 4.50. The summed E-state index contributed by atoms with van der Waals surface area (Å²) in [6, 6.07) is 14.2. The molecule has 0 radical (unpaired) electrons. The summed E-state index contributed by atoms with van der Waals surface area (Å²) in [5.41, 5.74) is 2.38. The molecule has 1 heterocycles. The Labute approximate surface area is 117 Å². The second-order valence-corrected chi connectivity index (χ2v) is 6.35. The number of sulfonamides is 1. The first-order chi connectivity index (χ1) is 9.56. The van der Waals surface area contributed by atoms with Crippen molar-refractivity contribution >= 4 is 26.6 Å². The minimum Gasteiger partial charge on any atom is -0.361 e. The zero-order valence-corrected chi connectivity index (χ0v) is 11.7. The Kier molecular flexibility index (Phi) is 2.99. The van der Waals surface area contributed by atoms with Crippen molar-refractivity contribution in [2.45, 2.75) is 11.8 Å². The van der Waals surface area contributed by atoms with Crippen molar-refractivity contribution in [3.05, 3.63) is 60.3 Å². The fraction of sp³-hybridized carbons (Fsp3) is 0.0667. The van der Waals surface area contributed by atoms with Crippen LogP contribution in [0.1, 0.15) is 5.56 Å². The highest BCUT2D eigenvalue weighted by atomic mass is 32.2. The van der Waals surface area contributed by atoms with Crippen LogP contribution < -0.4 is 4.72 Å². The average Bonchev–Trinajstić information content (AvgIpc) is 2.88. The van der Waals surface area contributed by atoms with Crippen LogP contribution in [0.5, 0.6) is 0 Å². The van der Waals surface area contributed by atoms with E-state index in [0.29, 0.717) is 5.69 Å². The second-order valence-electron chi connectivity index (χ2n) is 4.67. The standard InChI is InChI=1S/C15H14N2O2S/c1-11-4-2-5-12(10-11)20(18,19)17-15-7-3-6-14-13(15)8-9-16-14/h2-10,16-17H,1H3. The molecule has 3 aromatic rings.